The first-order valence-electron chi connectivity index (χ1n) is 21.6. The van der Waals surface area contributed by atoms with E-state index in [0.717, 1.165) is 55.8 Å². The van der Waals surface area contributed by atoms with E-state index in [1.165, 1.54) is 55.6 Å². The highest BCUT2D eigenvalue weighted by Crippen LogP contribution is 2.53. The van der Waals surface area contributed by atoms with E-state index in [1.54, 1.807) is 0 Å². The minimum absolute atomic E-state index is 0.0772. The van der Waals surface area contributed by atoms with Crippen molar-refractivity contribution in [2.75, 3.05) is 0 Å². The maximum Gasteiger partial charge on any atom is 0.0979 e. The van der Waals surface area contributed by atoms with Crippen molar-refractivity contribution < 1.29 is 0 Å². The smallest absolute Gasteiger partial charge is 0.0979 e. The number of hydrogen-bond acceptors (Lipinski definition) is 2. The van der Waals surface area contributed by atoms with E-state index in [1.807, 2.05) is 0 Å². The Morgan fingerprint density at radius 3 is 1.00 bits per heavy atom. The van der Waals surface area contributed by atoms with Crippen LogP contribution < -0.4 is 0 Å². The van der Waals surface area contributed by atoms with E-state index in [9.17, 15) is 0 Å². The molecule has 2 aliphatic carbocycles. The van der Waals surface area contributed by atoms with Gasteiger partial charge in [0.25, 0.3) is 0 Å². The van der Waals surface area contributed by atoms with Crippen LogP contribution >= 0.6 is 0 Å². The summed E-state index contributed by atoms with van der Waals surface area (Å²) < 4.78 is 0. The predicted molar refractivity (Wildman–Crippen MR) is 254 cm³/mol. The summed E-state index contributed by atoms with van der Waals surface area (Å²) in [5.74, 6) is 0. The fourth-order valence-corrected chi connectivity index (χ4v) is 9.94. The Labute approximate surface area is 356 Å². The second-order valence-corrected chi connectivity index (χ2v) is 20.3. The largest absolute Gasteiger partial charge is 0.243 e. The Balaban J connectivity index is 1.20. The lowest BCUT2D eigenvalue weighted by molar-refractivity contribution is 0.584. The first kappa shape index (κ1) is 38.1. The zero-order chi connectivity index (χ0) is 41.9. The second-order valence-electron chi connectivity index (χ2n) is 20.3. The van der Waals surface area contributed by atoms with Gasteiger partial charge in [0.1, 0.15) is 0 Å². The average Bonchev–Trinajstić information content (AvgIpc) is 3.60. The molecule has 1 heterocycles. The molecule has 0 saturated heterocycles. The van der Waals surface area contributed by atoms with E-state index >= 15 is 0 Å². The van der Waals surface area contributed by atoms with Crippen molar-refractivity contribution in [3.8, 4) is 67.0 Å². The third-order valence-corrected chi connectivity index (χ3v) is 13.6. The summed E-state index contributed by atoms with van der Waals surface area (Å²) in [6.45, 7) is 23.3. The van der Waals surface area contributed by atoms with Crippen molar-refractivity contribution in [3.63, 3.8) is 0 Å². The molecule has 0 aliphatic heterocycles. The van der Waals surface area contributed by atoms with Crippen LogP contribution in [-0.4, -0.2) is 9.97 Å². The van der Waals surface area contributed by atoms with Crippen molar-refractivity contribution in [2.24, 2.45) is 0 Å². The van der Waals surface area contributed by atoms with Gasteiger partial charge in [-0.25, -0.2) is 9.97 Å². The Bertz CT molecular complexity index is 2820. The molecule has 0 spiro atoms. The van der Waals surface area contributed by atoms with Gasteiger partial charge in [-0.05, 0) is 89.7 Å². The second kappa shape index (κ2) is 13.2. The van der Waals surface area contributed by atoms with Crippen molar-refractivity contribution in [1.82, 2.24) is 9.97 Å². The Morgan fingerprint density at radius 2 is 0.650 bits per heavy atom. The molecule has 2 heteroatoms. The number of nitrogens with zero attached hydrogens (tertiary/aromatic N) is 2. The molecular formula is C58H54N2. The molecule has 0 fully saturated rings. The monoisotopic (exact) mass is 778 g/mol. The number of rotatable bonds is 4. The van der Waals surface area contributed by atoms with Crippen molar-refractivity contribution in [2.45, 2.75) is 90.9 Å². The zero-order valence-electron chi connectivity index (χ0n) is 36.8. The number of hydrogen-bond donors (Lipinski definition) is 0. The normalized spacial score (nSPS) is 14.8. The molecule has 0 saturated carbocycles. The quantitative estimate of drug-likeness (QED) is 0.178. The summed E-state index contributed by atoms with van der Waals surface area (Å²) in [6.07, 6.45) is 0. The summed E-state index contributed by atoms with van der Waals surface area (Å²) in [5.41, 5.74) is 23.6. The van der Waals surface area contributed by atoms with E-state index < -0.39 is 0 Å². The van der Waals surface area contributed by atoms with Crippen molar-refractivity contribution in [3.05, 3.63) is 179 Å². The molecule has 0 N–H and O–H groups in total. The summed E-state index contributed by atoms with van der Waals surface area (Å²) >= 11 is 0. The van der Waals surface area contributed by atoms with Gasteiger partial charge in [0.05, 0.1) is 22.4 Å². The number of aromatic nitrogens is 2. The standard InChI is InChI=1S/C58H54N2/c1-55(2,3)39-23-27-45-43-25-21-37(31-47(43)57(7,8)49(45)33-39)41-29-30-42(38-22-26-44-46-28-24-40(56(4,5)6)34-50(46)58(9,10)48(44)32-38)54-53(41)59-51(35-17-13-11-14-18-35)52(60-54)36-19-15-12-16-20-36/h11-34H,1-10H3. The van der Waals surface area contributed by atoms with Gasteiger partial charge >= 0.3 is 0 Å². The molecule has 0 radical (unpaired) electrons. The molecule has 10 rings (SSSR count). The molecule has 2 nitrogen and oxygen atoms in total. The van der Waals surface area contributed by atoms with E-state index in [4.69, 9.17) is 9.97 Å². The van der Waals surface area contributed by atoms with Crippen LogP contribution in [0.15, 0.2) is 146 Å². The molecule has 0 bridgehead atoms. The van der Waals surface area contributed by atoms with Crippen molar-refractivity contribution in [1.29, 1.82) is 0 Å². The minimum Gasteiger partial charge on any atom is -0.243 e. The van der Waals surface area contributed by atoms with Crippen LogP contribution in [0.4, 0.5) is 0 Å². The van der Waals surface area contributed by atoms with Crippen LogP contribution in [-0.2, 0) is 21.7 Å². The van der Waals surface area contributed by atoms with E-state index in [0.29, 0.717) is 0 Å². The van der Waals surface area contributed by atoms with Crippen LogP contribution in [0.25, 0.3) is 78.1 Å². The maximum absolute atomic E-state index is 5.70. The van der Waals surface area contributed by atoms with Crippen molar-refractivity contribution >= 4 is 11.0 Å². The Morgan fingerprint density at radius 1 is 0.333 bits per heavy atom. The van der Waals surface area contributed by atoms with Gasteiger partial charge in [-0.1, -0.05) is 203 Å². The fraction of sp³-hybridized carbons (Fsp3) is 0.241. The van der Waals surface area contributed by atoms with Crippen LogP contribution in [0.1, 0.15) is 103 Å². The predicted octanol–water partition coefficient (Wildman–Crippen LogP) is 15.5. The van der Waals surface area contributed by atoms with Gasteiger partial charge in [-0.2, -0.15) is 0 Å². The van der Waals surface area contributed by atoms with E-state index in [2.05, 4.69) is 215 Å². The summed E-state index contributed by atoms with van der Waals surface area (Å²) in [6, 6.07) is 54.0. The molecule has 296 valence electrons. The van der Waals surface area contributed by atoms with Gasteiger partial charge in [-0.3, -0.25) is 0 Å². The lowest BCUT2D eigenvalue weighted by Crippen LogP contribution is -2.17. The molecular weight excluding hydrogens is 725 g/mol. The van der Waals surface area contributed by atoms with E-state index in [-0.39, 0.29) is 21.7 Å². The molecule has 7 aromatic carbocycles. The third kappa shape index (κ3) is 5.90. The van der Waals surface area contributed by atoms with Gasteiger partial charge < -0.3 is 0 Å². The topological polar surface area (TPSA) is 25.8 Å². The highest BCUT2D eigenvalue weighted by molar-refractivity contribution is 6.04. The molecule has 2 aliphatic rings. The molecule has 1 aromatic heterocycles. The van der Waals surface area contributed by atoms with Crippen LogP contribution in [0.2, 0.25) is 0 Å². The lowest BCUT2D eigenvalue weighted by atomic mass is 9.78. The third-order valence-electron chi connectivity index (χ3n) is 13.6. The molecule has 0 amide bonds. The fourth-order valence-electron chi connectivity index (χ4n) is 9.94. The minimum atomic E-state index is -0.151. The summed E-state index contributed by atoms with van der Waals surface area (Å²) in [7, 11) is 0. The highest BCUT2D eigenvalue weighted by atomic mass is 14.8. The molecule has 8 aromatic rings. The van der Waals surface area contributed by atoms with Crippen LogP contribution in [0.3, 0.4) is 0 Å². The summed E-state index contributed by atoms with van der Waals surface area (Å²) in [5, 5.41) is 0. The molecule has 0 unspecified atom stereocenters. The maximum atomic E-state index is 5.70. The van der Waals surface area contributed by atoms with Gasteiger partial charge in [0.2, 0.25) is 0 Å². The van der Waals surface area contributed by atoms with Gasteiger partial charge in [0.15, 0.2) is 0 Å². The van der Waals surface area contributed by atoms with Gasteiger partial charge in [-0.15, -0.1) is 0 Å². The number of fused-ring (bicyclic) bond motifs is 7. The zero-order valence-corrected chi connectivity index (χ0v) is 36.8. The lowest BCUT2D eigenvalue weighted by Gasteiger charge is -2.25. The summed E-state index contributed by atoms with van der Waals surface area (Å²) in [4.78, 5) is 11.4. The first-order chi connectivity index (χ1) is 28.5. The first-order valence-corrected chi connectivity index (χ1v) is 21.6. The molecule has 60 heavy (non-hydrogen) atoms. The van der Waals surface area contributed by atoms with Crippen LogP contribution in [0, 0.1) is 0 Å². The Kier molecular flexibility index (Phi) is 8.38. The Hall–Kier alpha value is -6.12. The van der Waals surface area contributed by atoms with Gasteiger partial charge in [0, 0.05) is 33.1 Å². The van der Waals surface area contributed by atoms with Crippen LogP contribution in [0.5, 0.6) is 0 Å². The number of benzene rings is 7. The SMILES string of the molecule is CC(C)(C)c1ccc2c(c1)C(C)(C)c1cc(-c3ccc(-c4ccc5c(c4)C(C)(C)c4cc(C(C)(C)C)ccc4-5)c4nc(-c5ccccc5)c(-c5ccccc5)nc34)ccc1-2. The highest BCUT2D eigenvalue weighted by Gasteiger charge is 2.38. The average molecular weight is 779 g/mol. The molecule has 0 atom stereocenters.